The lowest BCUT2D eigenvalue weighted by molar-refractivity contribution is -0.115. The molecule has 1 heterocycles. The highest BCUT2D eigenvalue weighted by molar-refractivity contribution is 9.10. The van der Waals surface area contributed by atoms with Gasteiger partial charge < -0.3 is 5.32 Å². The lowest BCUT2D eigenvalue weighted by Gasteiger charge is -2.10. The van der Waals surface area contributed by atoms with E-state index in [1.54, 1.807) is 18.2 Å². The Morgan fingerprint density at radius 3 is 2.57 bits per heavy atom. The van der Waals surface area contributed by atoms with Crippen LogP contribution in [0.1, 0.15) is 15.9 Å². The molecular weight excluding hydrogens is 466 g/mol. The molecule has 3 aromatic carbocycles. The third kappa shape index (κ3) is 3.34. The van der Waals surface area contributed by atoms with Gasteiger partial charge in [-0.15, -0.1) is 0 Å². The molecule has 0 atom stereocenters. The van der Waals surface area contributed by atoms with Crippen LogP contribution in [-0.4, -0.2) is 25.9 Å². The fourth-order valence-electron chi connectivity index (χ4n) is 3.30. The van der Waals surface area contributed by atoms with Crippen molar-refractivity contribution in [3.63, 3.8) is 0 Å². The van der Waals surface area contributed by atoms with E-state index < -0.39 is 21.4 Å². The number of halogens is 2. The van der Waals surface area contributed by atoms with Gasteiger partial charge in [-0.2, -0.15) is 0 Å². The van der Waals surface area contributed by atoms with E-state index in [-0.39, 0.29) is 27.8 Å². The number of rotatable bonds is 4. The second-order valence-corrected chi connectivity index (χ2v) is 9.71. The molecular formula is C20H13BrClNO4S. The minimum absolute atomic E-state index is 0.0915. The highest BCUT2D eigenvalue weighted by Gasteiger charge is 2.27. The van der Waals surface area contributed by atoms with Gasteiger partial charge in [-0.25, -0.2) is 8.42 Å². The number of Topliss-reactive ketones (excluding diaryl/α,β-unsaturated/α-hetero) is 1. The molecule has 0 radical (unpaired) electrons. The summed E-state index contributed by atoms with van der Waals surface area (Å²) in [5.74, 6) is -1.51. The van der Waals surface area contributed by atoms with Gasteiger partial charge in [-0.05, 0) is 35.2 Å². The van der Waals surface area contributed by atoms with E-state index in [1.807, 2.05) is 12.1 Å². The molecule has 0 bridgehead atoms. The predicted octanol–water partition coefficient (Wildman–Crippen LogP) is 4.41. The number of ketones is 1. The van der Waals surface area contributed by atoms with Crippen LogP contribution in [0.3, 0.4) is 0 Å². The number of carbonyl (C=O) groups is 2. The van der Waals surface area contributed by atoms with E-state index in [0.29, 0.717) is 16.6 Å². The van der Waals surface area contributed by atoms with Crippen LogP contribution in [0.4, 0.5) is 5.69 Å². The first-order valence-electron chi connectivity index (χ1n) is 8.32. The fraction of sp³-hybridized carbons (Fsp3) is 0.100. The van der Waals surface area contributed by atoms with E-state index in [1.165, 1.54) is 18.2 Å². The summed E-state index contributed by atoms with van der Waals surface area (Å²) < 4.78 is 26.8. The summed E-state index contributed by atoms with van der Waals surface area (Å²) in [6, 6.07) is 13.2. The van der Waals surface area contributed by atoms with Crippen LogP contribution in [0.15, 0.2) is 57.9 Å². The van der Waals surface area contributed by atoms with Gasteiger partial charge in [0.15, 0.2) is 15.6 Å². The van der Waals surface area contributed by atoms with Gasteiger partial charge in [0, 0.05) is 21.1 Å². The number of anilines is 1. The number of hydrogen-bond acceptors (Lipinski definition) is 4. The van der Waals surface area contributed by atoms with Gasteiger partial charge >= 0.3 is 0 Å². The van der Waals surface area contributed by atoms with Crippen molar-refractivity contribution in [1.29, 1.82) is 0 Å². The molecule has 0 saturated carbocycles. The van der Waals surface area contributed by atoms with Crippen molar-refractivity contribution in [3.05, 3.63) is 69.2 Å². The highest BCUT2D eigenvalue weighted by Crippen LogP contribution is 2.32. The molecule has 0 aromatic heterocycles. The Morgan fingerprint density at radius 2 is 1.82 bits per heavy atom. The van der Waals surface area contributed by atoms with E-state index >= 15 is 0 Å². The van der Waals surface area contributed by atoms with Gasteiger partial charge in [0.1, 0.15) is 5.75 Å². The Hall–Kier alpha value is -2.22. The summed E-state index contributed by atoms with van der Waals surface area (Å²) in [6.45, 7) is 0. The first-order chi connectivity index (χ1) is 13.3. The molecule has 4 rings (SSSR count). The summed E-state index contributed by atoms with van der Waals surface area (Å²) in [4.78, 5) is 24.4. The number of nitrogens with one attached hydrogen (secondary N) is 1. The zero-order chi connectivity index (χ0) is 20.1. The molecule has 5 nitrogen and oxygen atoms in total. The van der Waals surface area contributed by atoms with Crippen LogP contribution in [-0.2, 0) is 21.1 Å². The Morgan fingerprint density at radius 1 is 1.11 bits per heavy atom. The molecule has 1 N–H and O–H groups in total. The zero-order valence-electron chi connectivity index (χ0n) is 14.3. The van der Waals surface area contributed by atoms with Gasteiger partial charge in [-0.3, -0.25) is 9.59 Å². The average molecular weight is 479 g/mol. The number of amides is 1. The van der Waals surface area contributed by atoms with Gasteiger partial charge in [-0.1, -0.05) is 51.8 Å². The van der Waals surface area contributed by atoms with Crippen molar-refractivity contribution >= 4 is 65.5 Å². The van der Waals surface area contributed by atoms with Crippen molar-refractivity contribution in [2.24, 2.45) is 0 Å². The van der Waals surface area contributed by atoms with Crippen LogP contribution in [0.2, 0.25) is 5.02 Å². The zero-order valence-corrected chi connectivity index (χ0v) is 17.5. The third-order valence-electron chi connectivity index (χ3n) is 4.61. The topological polar surface area (TPSA) is 80.3 Å². The molecule has 0 unspecified atom stereocenters. The van der Waals surface area contributed by atoms with Crippen LogP contribution >= 0.6 is 27.5 Å². The highest BCUT2D eigenvalue weighted by atomic mass is 79.9. The maximum absolute atomic E-state index is 13.0. The Kier molecular flexibility index (Phi) is 4.77. The van der Waals surface area contributed by atoms with Crippen LogP contribution in [0.25, 0.3) is 10.8 Å². The van der Waals surface area contributed by atoms with Crippen molar-refractivity contribution < 1.29 is 18.0 Å². The van der Waals surface area contributed by atoms with Crippen LogP contribution in [0.5, 0.6) is 0 Å². The van der Waals surface area contributed by atoms with Crippen LogP contribution < -0.4 is 5.32 Å². The Labute approximate surface area is 174 Å². The van der Waals surface area contributed by atoms with E-state index in [0.717, 1.165) is 9.86 Å². The maximum atomic E-state index is 13.0. The second kappa shape index (κ2) is 6.99. The van der Waals surface area contributed by atoms with Crippen molar-refractivity contribution in [3.8, 4) is 0 Å². The predicted molar refractivity (Wildman–Crippen MR) is 112 cm³/mol. The standard InChI is InChI=1S/C20H13BrClNO4S/c21-15-5-6-19(13-4-2-1-3-12(13)15)28(26,27)10-18(24)14-7-11-8-20(25)23-17(11)9-16(14)22/h1-7,9H,8,10H2,(H,23,25). The Bertz CT molecular complexity index is 1270. The number of benzene rings is 3. The van der Waals surface area contributed by atoms with E-state index in [2.05, 4.69) is 21.2 Å². The number of hydrogen-bond donors (Lipinski definition) is 1. The summed E-state index contributed by atoms with van der Waals surface area (Å²) in [5, 5.41) is 4.05. The van der Waals surface area contributed by atoms with Gasteiger partial charge in [0.25, 0.3) is 0 Å². The van der Waals surface area contributed by atoms with Crippen molar-refractivity contribution in [2.45, 2.75) is 11.3 Å². The molecule has 1 aliphatic heterocycles. The van der Waals surface area contributed by atoms with E-state index in [4.69, 9.17) is 11.6 Å². The quantitative estimate of drug-likeness (QED) is 0.563. The Balaban J connectivity index is 1.72. The van der Waals surface area contributed by atoms with Crippen LogP contribution in [0, 0.1) is 0 Å². The number of fused-ring (bicyclic) bond motifs is 2. The second-order valence-electron chi connectivity index (χ2n) is 6.49. The molecule has 0 fully saturated rings. The summed E-state index contributed by atoms with van der Waals surface area (Å²) >= 11 is 9.58. The van der Waals surface area contributed by atoms with Crippen molar-refractivity contribution in [2.75, 3.05) is 11.1 Å². The average Bonchev–Trinajstić information content (AvgIpc) is 2.99. The molecule has 1 amide bonds. The third-order valence-corrected chi connectivity index (χ3v) is 7.28. The minimum atomic E-state index is -3.90. The minimum Gasteiger partial charge on any atom is -0.325 e. The molecule has 3 aromatic rings. The molecule has 142 valence electrons. The number of carbonyl (C=O) groups excluding carboxylic acids is 2. The summed E-state index contributed by atoms with van der Waals surface area (Å²) in [7, 11) is -3.90. The lowest BCUT2D eigenvalue weighted by Crippen LogP contribution is -2.17. The monoisotopic (exact) mass is 477 g/mol. The SMILES string of the molecule is O=C1Cc2cc(C(=O)CS(=O)(=O)c3ccc(Br)c4ccccc34)c(Cl)cc2N1. The first-order valence-corrected chi connectivity index (χ1v) is 11.1. The molecule has 0 aliphatic carbocycles. The largest absolute Gasteiger partial charge is 0.325 e. The number of sulfone groups is 1. The first kappa shape index (κ1) is 19.1. The molecule has 0 saturated heterocycles. The van der Waals surface area contributed by atoms with Gasteiger partial charge in [0.2, 0.25) is 5.91 Å². The maximum Gasteiger partial charge on any atom is 0.228 e. The molecule has 1 aliphatic rings. The summed E-state index contributed by atoms with van der Waals surface area (Å²) in [6.07, 6.45) is 0.136. The molecule has 8 heteroatoms. The lowest BCUT2D eigenvalue weighted by atomic mass is 10.1. The normalized spacial score (nSPS) is 13.4. The molecule has 28 heavy (non-hydrogen) atoms. The fourth-order valence-corrected chi connectivity index (χ4v) is 5.49. The molecule has 0 spiro atoms. The van der Waals surface area contributed by atoms with Crippen molar-refractivity contribution in [1.82, 2.24) is 0 Å². The smallest absolute Gasteiger partial charge is 0.228 e. The van der Waals surface area contributed by atoms with Gasteiger partial charge in [0.05, 0.1) is 16.3 Å². The summed E-state index contributed by atoms with van der Waals surface area (Å²) in [5.41, 5.74) is 1.28. The van der Waals surface area contributed by atoms with E-state index in [9.17, 15) is 18.0 Å².